The van der Waals surface area contributed by atoms with E-state index < -0.39 is 0 Å². The van der Waals surface area contributed by atoms with Crippen LogP contribution in [0.3, 0.4) is 0 Å². The summed E-state index contributed by atoms with van der Waals surface area (Å²) >= 11 is 1.83. The zero-order valence-electron chi connectivity index (χ0n) is 12.9. The minimum absolute atomic E-state index is 0.866. The minimum Gasteiger partial charge on any atom is -0.265 e. The molecule has 0 spiro atoms. The second-order valence-electron chi connectivity index (χ2n) is 6.22. The quantitative estimate of drug-likeness (QED) is 0.528. The van der Waals surface area contributed by atoms with Crippen LogP contribution in [0.1, 0.15) is 28.8 Å². The van der Waals surface area contributed by atoms with Gasteiger partial charge >= 0.3 is 0 Å². The number of aryl methyl sites for hydroxylation is 3. The number of hydrogen-bond donors (Lipinski definition) is 0. The zero-order chi connectivity index (χ0) is 15.4. The van der Waals surface area contributed by atoms with Gasteiger partial charge in [0.15, 0.2) is 11.5 Å². The lowest BCUT2D eigenvalue weighted by Gasteiger charge is -2.10. The molecule has 23 heavy (non-hydrogen) atoms. The predicted molar refractivity (Wildman–Crippen MR) is 93.0 cm³/mol. The molecule has 0 N–H and O–H groups in total. The van der Waals surface area contributed by atoms with Crippen molar-refractivity contribution in [3.8, 4) is 11.4 Å². The Morgan fingerprint density at radius 1 is 1.04 bits per heavy atom. The third-order valence-corrected chi connectivity index (χ3v) is 5.87. The standard InChI is InChI=1S/C18H16N4S/c1-11-6-8-12(9-7-11)16-20-21-17-15-13-4-2-3-5-14(13)23-18(15)19-10-22(16)17/h6-10H,2-5H2,1H3. The molecular formula is C18H16N4S. The summed E-state index contributed by atoms with van der Waals surface area (Å²) in [6.45, 7) is 2.09. The Hall–Kier alpha value is -2.27. The molecule has 0 bridgehead atoms. The molecule has 5 heteroatoms. The van der Waals surface area contributed by atoms with E-state index in [4.69, 9.17) is 4.98 Å². The summed E-state index contributed by atoms with van der Waals surface area (Å²) in [4.78, 5) is 7.29. The van der Waals surface area contributed by atoms with Gasteiger partial charge < -0.3 is 0 Å². The van der Waals surface area contributed by atoms with Crippen molar-refractivity contribution in [1.29, 1.82) is 0 Å². The summed E-state index contributed by atoms with van der Waals surface area (Å²) in [7, 11) is 0. The maximum absolute atomic E-state index is 4.69. The van der Waals surface area contributed by atoms with Gasteiger partial charge in [-0.15, -0.1) is 21.5 Å². The van der Waals surface area contributed by atoms with Gasteiger partial charge in [0.25, 0.3) is 0 Å². The van der Waals surface area contributed by atoms with Crippen LogP contribution >= 0.6 is 11.3 Å². The molecule has 3 heterocycles. The van der Waals surface area contributed by atoms with Crippen molar-refractivity contribution in [2.75, 3.05) is 0 Å². The van der Waals surface area contributed by atoms with E-state index in [1.54, 1.807) is 0 Å². The number of benzene rings is 1. The second-order valence-corrected chi connectivity index (χ2v) is 7.30. The maximum atomic E-state index is 4.69. The number of aromatic nitrogens is 4. The highest BCUT2D eigenvalue weighted by Gasteiger charge is 2.21. The summed E-state index contributed by atoms with van der Waals surface area (Å²) in [5, 5.41) is 10.2. The number of thiophene rings is 1. The SMILES string of the molecule is Cc1ccc(-c2nnc3c4c5c(sc4ncn23)CCCC5)cc1. The van der Waals surface area contributed by atoms with Crippen LogP contribution in [0.15, 0.2) is 30.6 Å². The molecule has 5 rings (SSSR count). The lowest BCUT2D eigenvalue weighted by atomic mass is 9.97. The third-order valence-electron chi connectivity index (χ3n) is 4.67. The van der Waals surface area contributed by atoms with Crippen LogP contribution in [0.5, 0.6) is 0 Å². The van der Waals surface area contributed by atoms with Crippen molar-refractivity contribution in [2.45, 2.75) is 32.6 Å². The maximum Gasteiger partial charge on any atom is 0.172 e. The first kappa shape index (κ1) is 13.2. The van der Waals surface area contributed by atoms with Gasteiger partial charge in [0, 0.05) is 10.4 Å². The van der Waals surface area contributed by atoms with Gasteiger partial charge in [0.05, 0.1) is 5.39 Å². The van der Waals surface area contributed by atoms with Gasteiger partial charge in [-0.1, -0.05) is 29.8 Å². The van der Waals surface area contributed by atoms with Gasteiger partial charge in [-0.05, 0) is 38.2 Å². The first-order chi connectivity index (χ1) is 11.3. The molecule has 0 atom stereocenters. The second kappa shape index (κ2) is 4.86. The first-order valence-electron chi connectivity index (χ1n) is 8.02. The van der Waals surface area contributed by atoms with Crippen LogP contribution in [-0.2, 0) is 12.8 Å². The van der Waals surface area contributed by atoms with Gasteiger partial charge in [0.2, 0.25) is 0 Å². The Kier molecular flexibility index (Phi) is 2.79. The smallest absolute Gasteiger partial charge is 0.172 e. The Morgan fingerprint density at radius 3 is 2.74 bits per heavy atom. The summed E-state index contributed by atoms with van der Waals surface area (Å²) in [6, 6.07) is 8.40. The third kappa shape index (κ3) is 1.93. The topological polar surface area (TPSA) is 43.1 Å². The normalized spacial score (nSPS) is 14.5. The molecular weight excluding hydrogens is 304 g/mol. The Balaban J connectivity index is 1.79. The summed E-state index contributed by atoms with van der Waals surface area (Å²) in [5.74, 6) is 0.866. The van der Waals surface area contributed by atoms with E-state index in [-0.39, 0.29) is 0 Å². The van der Waals surface area contributed by atoms with Crippen LogP contribution < -0.4 is 0 Å². The highest BCUT2D eigenvalue weighted by atomic mass is 32.1. The van der Waals surface area contributed by atoms with Crippen LogP contribution in [0.4, 0.5) is 0 Å². The molecule has 4 nitrogen and oxygen atoms in total. The fraction of sp³-hybridized carbons (Fsp3) is 0.278. The number of fused-ring (bicyclic) bond motifs is 5. The molecule has 0 radical (unpaired) electrons. The molecule has 114 valence electrons. The molecule has 0 saturated heterocycles. The van der Waals surface area contributed by atoms with Crippen molar-refractivity contribution in [2.24, 2.45) is 0 Å². The van der Waals surface area contributed by atoms with Crippen molar-refractivity contribution >= 4 is 27.2 Å². The molecule has 1 aliphatic carbocycles. The van der Waals surface area contributed by atoms with E-state index in [9.17, 15) is 0 Å². The molecule has 3 aromatic heterocycles. The number of hydrogen-bond acceptors (Lipinski definition) is 4. The fourth-order valence-corrected chi connectivity index (χ4v) is 4.68. The average Bonchev–Trinajstić information content (AvgIpc) is 3.16. The van der Waals surface area contributed by atoms with E-state index in [0.29, 0.717) is 0 Å². The van der Waals surface area contributed by atoms with Gasteiger partial charge in [0.1, 0.15) is 11.2 Å². The molecule has 1 aliphatic rings. The van der Waals surface area contributed by atoms with E-state index in [0.717, 1.165) is 28.3 Å². The van der Waals surface area contributed by atoms with Crippen molar-refractivity contribution < 1.29 is 0 Å². The van der Waals surface area contributed by atoms with E-state index >= 15 is 0 Å². The highest BCUT2D eigenvalue weighted by Crippen LogP contribution is 2.37. The van der Waals surface area contributed by atoms with Crippen molar-refractivity contribution in [3.63, 3.8) is 0 Å². The van der Waals surface area contributed by atoms with Crippen molar-refractivity contribution in [3.05, 3.63) is 46.6 Å². The van der Waals surface area contributed by atoms with Crippen LogP contribution in [-0.4, -0.2) is 19.6 Å². The zero-order valence-corrected chi connectivity index (χ0v) is 13.7. The largest absolute Gasteiger partial charge is 0.265 e. The van der Waals surface area contributed by atoms with Crippen LogP contribution in [0, 0.1) is 6.92 Å². The highest BCUT2D eigenvalue weighted by molar-refractivity contribution is 7.19. The molecule has 0 fully saturated rings. The monoisotopic (exact) mass is 320 g/mol. The van der Waals surface area contributed by atoms with Gasteiger partial charge in [-0.3, -0.25) is 4.40 Å². The van der Waals surface area contributed by atoms with Gasteiger partial charge in [-0.25, -0.2) is 4.98 Å². The molecule has 0 unspecified atom stereocenters. The predicted octanol–water partition coefficient (Wildman–Crippen LogP) is 4.19. The fourth-order valence-electron chi connectivity index (χ4n) is 3.45. The molecule has 1 aromatic carbocycles. The minimum atomic E-state index is 0.866. The van der Waals surface area contributed by atoms with E-state index in [1.165, 1.54) is 40.7 Å². The van der Waals surface area contributed by atoms with Gasteiger partial charge in [-0.2, -0.15) is 0 Å². The molecule has 0 saturated carbocycles. The Bertz CT molecular complexity index is 1030. The van der Waals surface area contributed by atoms with Crippen molar-refractivity contribution in [1.82, 2.24) is 19.6 Å². The van der Waals surface area contributed by atoms with Crippen LogP contribution in [0.25, 0.3) is 27.3 Å². The molecule has 0 aliphatic heterocycles. The molecule has 4 aromatic rings. The number of rotatable bonds is 1. The van der Waals surface area contributed by atoms with Crippen LogP contribution in [0.2, 0.25) is 0 Å². The average molecular weight is 320 g/mol. The summed E-state index contributed by atoms with van der Waals surface area (Å²) in [6.07, 6.45) is 6.75. The Labute approximate surface area is 137 Å². The lowest BCUT2D eigenvalue weighted by Crippen LogP contribution is -1.99. The molecule has 0 amide bonds. The first-order valence-corrected chi connectivity index (χ1v) is 8.84. The lowest BCUT2D eigenvalue weighted by molar-refractivity contribution is 0.700. The Morgan fingerprint density at radius 2 is 1.87 bits per heavy atom. The number of nitrogens with zero attached hydrogens (tertiary/aromatic N) is 4. The summed E-state index contributed by atoms with van der Waals surface area (Å²) < 4.78 is 2.04. The van der Waals surface area contributed by atoms with E-state index in [2.05, 4.69) is 41.4 Å². The summed E-state index contributed by atoms with van der Waals surface area (Å²) in [5.41, 5.74) is 4.73. The van der Waals surface area contributed by atoms with E-state index in [1.807, 2.05) is 22.1 Å².